The molecule has 2 atom stereocenters. The molecule has 1 N–H and O–H groups in total. The Kier molecular flexibility index (Phi) is 3.76. The summed E-state index contributed by atoms with van der Waals surface area (Å²) in [4.78, 5) is 26.4. The molecule has 1 aliphatic rings. The summed E-state index contributed by atoms with van der Waals surface area (Å²) in [5.74, 6) is 0.0199. The molecule has 0 aliphatic carbocycles. The lowest BCUT2D eigenvalue weighted by atomic mass is 10.0. The Bertz CT molecular complexity index is 928. The minimum atomic E-state index is -0.392. The summed E-state index contributed by atoms with van der Waals surface area (Å²) in [5.41, 5.74) is 1.44. The van der Waals surface area contributed by atoms with Crippen LogP contribution in [0.25, 0.3) is 10.9 Å². The molecule has 25 heavy (non-hydrogen) atoms. The van der Waals surface area contributed by atoms with Gasteiger partial charge in [0, 0.05) is 25.9 Å². The molecule has 7 heteroatoms. The number of nitrogens with zero attached hydrogens (tertiary/aromatic N) is 4. The molecule has 1 saturated heterocycles. The maximum atomic E-state index is 14.3. The van der Waals surface area contributed by atoms with Crippen molar-refractivity contribution in [1.29, 1.82) is 0 Å². The Hall–Kier alpha value is -3.09. The summed E-state index contributed by atoms with van der Waals surface area (Å²) in [6.07, 6.45) is 5.13. The molecule has 1 aromatic carbocycles. The first-order valence-corrected chi connectivity index (χ1v) is 7.96. The summed E-state index contributed by atoms with van der Waals surface area (Å²) in [6, 6.07) is 8.05. The standard InChI is InChI=1S/C18H16FN5O/c1-24-15(25)8-14(17(24)11-4-3-7-20-9-11)23-18-16-12(19)5-2-6-13(16)21-10-22-18/h2-7,9-10,14,17H,8H2,1H3,(H,21,22,23)/t14-,17+/m1/s1. The molecule has 3 heterocycles. The van der Waals surface area contributed by atoms with E-state index in [0.29, 0.717) is 23.1 Å². The number of halogens is 1. The molecular formula is C18H16FN5O. The number of hydrogen-bond acceptors (Lipinski definition) is 5. The van der Waals surface area contributed by atoms with Gasteiger partial charge in [0.1, 0.15) is 18.0 Å². The van der Waals surface area contributed by atoms with E-state index < -0.39 is 5.82 Å². The van der Waals surface area contributed by atoms with Gasteiger partial charge in [-0.15, -0.1) is 0 Å². The number of aromatic nitrogens is 3. The predicted octanol–water partition coefficient (Wildman–Crippen LogP) is 2.55. The first kappa shape index (κ1) is 15.4. The molecule has 0 spiro atoms. The first-order valence-electron chi connectivity index (χ1n) is 7.96. The zero-order valence-corrected chi connectivity index (χ0v) is 13.6. The van der Waals surface area contributed by atoms with Gasteiger partial charge in [-0.1, -0.05) is 12.1 Å². The lowest BCUT2D eigenvalue weighted by molar-refractivity contribution is -0.127. The van der Waals surface area contributed by atoms with Gasteiger partial charge in [-0.05, 0) is 23.8 Å². The fraction of sp³-hybridized carbons (Fsp3) is 0.222. The van der Waals surface area contributed by atoms with E-state index in [1.165, 1.54) is 12.4 Å². The molecule has 0 unspecified atom stereocenters. The van der Waals surface area contributed by atoms with E-state index in [1.807, 2.05) is 12.1 Å². The number of amides is 1. The quantitative estimate of drug-likeness (QED) is 0.795. The Morgan fingerprint density at radius 3 is 2.92 bits per heavy atom. The molecule has 0 bridgehead atoms. The van der Waals surface area contributed by atoms with Gasteiger partial charge in [-0.3, -0.25) is 9.78 Å². The van der Waals surface area contributed by atoms with Crippen LogP contribution in [0.1, 0.15) is 18.0 Å². The fourth-order valence-electron chi connectivity index (χ4n) is 3.36. The number of carbonyl (C=O) groups excluding carboxylic acids is 1. The smallest absolute Gasteiger partial charge is 0.225 e. The molecule has 6 nitrogen and oxygen atoms in total. The van der Waals surface area contributed by atoms with Crippen molar-refractivity contribution in [3.63, 3.8) is 0 Å². The summed E-state index contributed by atoms with van der Waals surface area (Å²) >= 11 is 0. The summed E-state index contributed by atoms with van der Waals surface area (Å²) < 4.78 is 14.3. The van der Waals surface area contributed by atoms with Crippen LogP contribution in [0.3, 0.4) is 0 Å². The highest BCUT2D eigenvalue weighted by Crippen LogP contribution is 2.34. The summed E-state index contributed by atoms with van der Waals surface area (Å²) in [5, 5.41) is 3.58. The van der Waals surface area contributed by atoms with Crippen LogP contribution in [0.2, 0.25) is 0 Å². The van der Waals surface area contributed by atoms with Gasteiger partial charge in [0.15, 0.2) is 0 Å². The number of pyridine rings is 1. The number of benzene rings is 1. The van der Waals surface area contributed by atoms with Crippen molar-refractivity contribution in [1.82, 2.24) is 19.9 Å². The molecular weight excluding hydrogens is 321 g/mol. The SMILES string of the molecule is CN1C(=O)C[C@@H](Nc2ncnc3cccc(F)c23)[C@@H]1c1cccnc1. The van der Waals surface area contributed by atoms with Gasteiger partial charge in [0.25, 0.3) is 0 Å². The number of nitrogens with one attached hydrogen (secondary N) is 1. The van der Waals surface area contributed by atoms with Crippen LogP contribution in [-0.4, -0.2) is 38.8 Å². The van der Waals surface area contributed by atoms with E-state index in [2.05, 4.69) is 20.3 Å². The second kappa shape index (κ2) is 6.08. The van der Waals surface area contributed by atoms with Crippen molar-refractivity contribution >= 4 is 22.6 Å². The van der Waals surface area contributed by atoms with Gasteiger partial charge < -0.3 is 10.2 Å². The Morgan fingerprint density at radius 2 is 2.12 bits per heavy atom. The Morgan fingerprint density at radius 1 is 1.24 bits per heavy atom. The van der Waals surface area contributed by atoms with Crippen LogP contribution < -0.4 is 5.32 Å². The maximum Gasteiger partial charge on any atom is 0.225 e. The molecule has 3 aromatic rings. The number of likely N-dealkylation sites (tertiary alicyclic amines) is 1. The van der Waals surface area contributed by atoms with Crippen molar-refractivity contribution in [2.24, 2.45) is 0 Å². The number of rotatable bonds is 3. The van der Waals surface area contributed by atoms with E-state index >= 15 is 0 Å². The van der Waals surface area contributed by atoms with Gasteiger partial charge in [-0.25, -0.2) is 14.4 Å². The number of anilines is 1. The van der Waals surface area contributed by atoms with Gasteiger partial charge >= 0.3 is 0 Å². The van der Waals surface area contributed by atoms with Crippen molar-refractivity contribution in [3.8, 4) is 0 Å². The normalized spacial score (nSPS) is 20.2. The minimum Gasteiger partial charge on any atom is -0.364 e. The highest BCUT2D eigenvalue weighted by atomic mass is 19.1. The highest BCUT2D eigenvalue weighted by Gasteiger charge is 2.39. The maximum absolute atomic E-state index is 14.3. The van der Waals surface area contributed by atoms with E-state index in [9.17, 15) is 9.18 Å². The number of carbonyl (C=O) groups is 1. The van der Waals surface area contributed by atoms with Crippen LogP contribution in [0.5, 0.6) is 0 Å². The monoisotopic (exact) mass is 337 g/mol. The van der Waals surface area contributed by atoms with Crippen LogP contribution >= 0.6 is 0 Å². The molecule has 1 fully saturated rings. The number of likely N-dealkylation sites (N-methyl/N-ethyl adjacent to an activating group) is 1. The van der Waals surface area contributed by atoms with Gasteiger partial charge in [0.2, 0.25) is 5.91 Å². The molecule has 1 amide bonds. The Labute approximate surface area is 143 Å². The summed E-state index contributed by atoms with van der Waals surface area (Å²) in [6.45, 7) is 0. The molecule has 126 valence electrons. The second-order valence-corrected chi connectivity index (χ2v) is 6.05. The van der Waals surface area contributed by atoms with Crippen molar-refractivity contribution < 1.29 is 9.18 Å². The van der Waals surface area contributed by atoms with Crippen molar-refractivity contribution in [2.75, 3.05) is 12.4 Å². The average Bonchev–Trinajstić information content (AvgIpc) is 2.90. The third kappa shape index (κ3) is 2.67. The van der Waals surface area contributed by atoms with Crippen LogP contribution in [0.15, 0.2) is 49.1 Å². The van der Waals surface area contributed by atoms with Crippen LogP contribution in [-0.2, 0) is 4.79 Å². The average molecular weight is 337 g/mol. The number of hydrogen-bond donors (Lipinski definition) is 1. The van der Waals surface area contributed by atoms with Crippen molar-refractivity contribution in [2.45, 2.75) is 18.5 Å². The molecule has 1 aliphatic heterocycles. The Balaban J connectivity index is 1.74. The second-order valence-electron chi connectivity index (χ2n) is 6.05. The lowest BCUT2D eigenvalue weighted by Crippen LogP contribution is -2.30. The van der Waals surface area contributed by atoms with Gasteiger partial charge in [-0.2, -0.15) is 0 Å². The third-order valence-electron chi connectivity index (χ3n) is 4.55. The van der Waals surface area contributed by atoms with Crippen LogP contribution in [0.4, 0.5) is 10.2 Å². The predicted molar refractivity (Wildman–Crippen MR) is 91.3 cm³/mol. The van der Waals surface area contributed by atoms with Crippen molar-refractivity contribution in [3.05, 3.63) is 60.4 Å². The zero-order chi connectivity index (χ0) is 17.4. The number of fused-ring (bicyclic) bond motifs is 1. The molecule has 0 radical (unpaired) electrons. The zero-order valence-electron chi connectivity index (χ0n) is 13.6. The topological polar surface area (TPSA) is 71.0 Å². The fourth-order valence-corrected chi connectivity index (χ4v) is 3.36. The highest BCUT2D eigenvalue weighted by molar-refractivity contribution is 5.90. The van der Waals surface area contributed by atoms with Crippen LogP contribution in [0, 0.1) is 5.82 Å². The largest absolute Gasteiger partial charge is 0.364 e. The molecule has 4 rings (SSSR count). The van der Waals surface area contributed by atoms with E-state index in [0.717, 1.165) is 5.56 Å². The first-order chi connectivity index (χ1) is 12.1. The third-order valence-corrected chi connectivity index (χ3v) is 4.55. The molecule has 0 saturated carbocycles. The summed E-state index contributed by atoms with van der Waals surface area (Å²) in [7, 11) is 1.76. The van der Waals surface area contributed by atoms with Gasteiger partial charge in [0.05, 0.1) is 23.0 Å². The minimum absolute atomic E-state index is 0.0187. The van der Waals surface area contributed by atoms with E-state index in [4.69, 9.17) is 0 Å². The molecule has 2 aromatic heterocycles. The van der Waals surface area contributed by atoms with E-state index in [1.54, 1.807) is 36.5 Å². The lowest BCUT2D eigenvalue weighted by Gasteiger charge is -2.26. The van der Waals surface area contributed by atoms with E-state index in [-0.39, 0.29) is 18.0 Å².